The van der Waals surface area contributed by atoms with Crippen LogP contribution in [-0.2, 0) is 9.53 Å². The lowest BCUT2D eigenvalue weighted by Gasteiger charge is -2.11. The molecule has 0 heterocycles. The highest BCUT2D eigenvalue weighted by atomic mass is 79.9. The number of nitrogens with zero attached hydrogens (tertiary/aromatic N) is 1. The smallest absolute Gasteiger partial charge is 0.336 e. The molecule has 0 aliphatic carbocycles. The summed E-state index contributed by atoms with van der Waals surface area (Å²) in [7, 11) is 0. The van der Waals surface area contributed by atoms with Gasteiger partial charge in [-0.15, -0.1) is 0 Å². The highest BCUT2D eigenvalue weighted by Crippen LogP contribution is 2.37. The first-order valence-electron chi connectivity index (χ1n) is 5.48. The molecule has 0 saturated heterocycles. The topological polar surface area (TPSA) is 78.7 Å². The number of rotatable bonds is 6. The van der Waals surface area contributed by atoms with E-state index in [4.69, 9.17) is 9.47 Å². The van der Waals surface area contributed by atoms with Crippen LogP contribution < -0.4 is 4.74 Å². The van der Waals surface area contributed by atoms with Gasteiger partial charge in [0.05, 0.1) is 26.0 Å². The minimum Gasteiger partial charge on any atom is -0.486 e. The van der Waals surface area contributed by atoms with Crippen molar-refractivity contribution in [3.63, 3.8) is 0 Å². The van der Waals surface area contributed by atoms with Gasteiger partial charge < -0.3 is 9.47 Å². The molecule has 0 spiro atoms. The number of benzene rings is 1. The minimum absolute atomic E-state index is 0.0756. The van der Waals surface area contributed by atoms with Crippen molar-refractivity contribution in [2.75, 3.05) is 13.2 Å². The summed E-state index contributed by atoms with van der Waals surface area (Å²) < 4.78 is 11.0. The van der Waals surface area contributed by atoms with E-state index in [0.29, 0.717) is 14.7 Å². The average Bonchev–Trinajstić information content (AvgIpc) is 2.37. The zero-order chi connectivity index (χ0) is 15.3. The molecule has 1 aromatic carbocycles. The van der Waals surface area contributed by atoms with Crippen LogP contribution in [0.4, 0.5) is 5.69 Å². The number of carbonyl (C=O) groups excluding carboxylic acids is 1. The van der Waals surface area contributed by atoms with Crippen molar-refractivity contribution in [2.45, 2.75) is 6.92 Å². The third kappa shape index (κ3) is 4.31. The molecule has 0 fully saturated rings. The summed E-state index contributed by atoms with van der Waals surface area (Å²) in [6.45, 7) is 5.42. The summed E-state index contributed by atoms with van der Waals surface area (Å²) in [5.41, 5.74) is 0.0734. The molecule has 0 bridgehead atoms. The molecule has 0 aromatic heterocycles. The van der Waals surface area contributed by atoms with E-state index in [2.05, 4.69) is 38.4 Å². The van der Waals surface area contributed by atoms with Gasteiger partial charge in [-0.25, -0.2) is 4.79 Å². The van der Waals surface area contributed by atoms with Gasteiger partial charge in [-0.1, -0.05) is 6.58 Å². The van der Waals surface area contributed by atoms with Gasteiger partial charge in [-0.05, 0) is 38.8 Å². The van der Waals surface area contributed by atoms with Gasteiger partial charge in [-0.3, -0.25) is 10.1 Å². The van der Waals surface area contributed by atoms with E-state index in [0.717, 1.165) is 0 Å². The Hall–Kier alpha value is -1.41. The molecule has 108 valence electrons. The number of carbonyl (C=O) groups is 1. The number of ether oxygens (including phenoxy) is 2. The van der Waals surface area contributed by atoms with Gasteiger partial charge in [0.1, 0.15) is 12.4 Å². The van der Waals surface area contributed by atoms with Crippen molar-refractivity contribution in [3.05, 3.63) is 43.3 Å². The van der Waals surface area contributed by atoms with Gasteiger partial charge >= 0.3 is 5.97 Å². The van der Waals surface area contributed by atoms with Crippen LogP contribution in [-0.4, -0.2) is 24.1 Å². The van der Waals surface area contributed by atoms with Crippen molar-refractivity contribution in [3.8, 4) is 5.75 Å². The molecule has 0 amide bonds. The molecular formula is C12H11Br2NO5. The van der Waals surface area contributed by atoms with E-state index in [9.17, 15) is 14.9 Å². The van der Waals surface area contributed by atoms with Crippen molar-refractivity contribution >= 4 is 43.5 Å². The summed E-state index contributed by atoms with van der Waals surface area (Å²) in [6.07, 6.45) is 0. The Labute approximate surface area is 132 Å². The fourth-order valence-electron chi connectivity index (χ4n) is 1.24. The van der Waals surface area contributed by atoms with Gasteiger partial charge in [0.25, 0.3) is 5.69 Å². The summed E-state index contributed by atoms with van der Waals surface area (Å²) in [5, 5.41) is 10.7. The highest BCUT2D eigenvalue weighted by Gasteiger charge is 2.16. The molecule has 0 saturated carbocycles. The van der Waals surface area contributed by atoms with Crippen LogP contribution in [0.5, 0.6) is 5.75 Å². The molecule has 1 aromatic rings. The van der Waals surface area contributed by atoms with E-state index in [1.54, 1.807) is 6.92 Å². The second-order valence-corrected chi connectivity index (χ2v) is 5.32. The zero-order valence-corrected chi connectivity index (χ0v) is 13.7. The summed E-state index contributed by atoms with van der Waals surface area (Å²) in [6, 6.07) is 2.63. The molecule has 0 atom stereocenters. The van der Waals surface area contributed by atoms with Crippen molar-refractivity contribution < 1.29 is 19.2 Å². The maximum Gasteiger partial charge on any atom is 0.336 e. The molecule has 0 N–H and O–H groups in total. The second-order valence-electron chi connectivity index (χ2n) is 3.61. The Kier molecular flexibility index (Phi) is 6.15. The quantitative estimate of drug-likeness (QED) is 0.311. The first-order valence-corrected chi connectivity index (χ1v) is 7.06. The van der Waals surface area contributed by atoms with Crippen LogP contribution >= 0.6 is 31.9 Å². The fraction of sp³-hybridized carbons (Fsp3) is 0.250. The Bertz CT molecular complexity index is 536. The monoisotopic (exact) mass is 407 g/mol. The maximum atomic E-state index is 11.4. The van der Waals surface area contributed by atoms with E-state index < -0.39 is 10.9 Å². The molecule has 1 rings (SSSR count). The normalized spacial score (nSPS) is 9.95. The lowest BCUT2D eigenvalue weighted by atomic mass is 10.3. The van der Waals surface area contributed by atoms with Crippen LogP contribution in [0.15, 0.2) is 33.2 Å². The number of nitro groups is 1. The summed E-state index contributed by atoms with van der Waals surface area (Å²) in [4.78, 5) is 21.5. The molecule has 0 radical (unpaired) electrons. The predicted octanol–water partition coefficient (Wildman–Crippen LogP) is 3.62. The van der Waals surface area contributed by atoms with E-state index in [-0.39, 0.29) is 24.5 Å². The number of hydrogen-bond acceptors (Lipinski definition) is 5. The molecule has 6 nitrogen and oxygen atoms in total. The van der Waals surface area contributed by atoms with Gasteiger partial charge in [-0.2, -0.15) is 0 Å². The minimum atomic E-state index is -0.540. The van der Waals surface area contributed by atoms with Crippen molar-refractivity contribution in [1.82, 2.24) is 0 Å². The number of hydrogen-bond donors (Lipinski definition) is 0. The Morgan fingerprint density at radius 3 is 2.40 bits per heavy atom. The standard InChI is InChI=1S/C12H11Br2NO5/c1-3-19-12(16)7(2)6-20-11-9(13)4-8(15(17)18)5-10(11)14/h4-5H,2-3,6H2,1H3. The Morgan fingerprint density at radius 2 is 1.95 bits per heavy atom. The summed E-state index contributed by atoms with van der Waals surface area (Å²) in [5.74, 6) is -0.192. The molecule has 8 heteroatoms. The fourth-order valence-corrected chi connectivity index (χ4v) is 2.63. The van der Waals surface area contributed by atoms with Crippen molar-refractivity contribution in [2.24, 2.45) is 0 Å². The van der Waals surface area contributed by atoms with E-state index in [1.165, 1.54) is 12.1 Å². The zero-order valence-electron chi connectivity index (χ0n) is 10.5. The third-order valence-corrected chi connectivity index (χ3v) is 3.33. The lowest BCUT2D eigenvalue weighted by Crippen LogP contribution is -2.13. The van der Waals surface area contributed by atoms with Gasteiger partial charge in [0, 0.05) is 12.1 Å². The molecule has 0 aliphatic heterocycles. The SMILES string of the molecule is C=C(COc1c(Br)cc([N+](=O)[O-])cc1Br)C(=O)OCC. The molecular weight excluding hydrogens is 398 g/mol. The first kappa shape index (κ1) is 16.6. The van der Waals surface area contributed by atoms with Crippen molar-refractivity contribution in [1.29, 1.82) is 0 Å². The predicted molar refractivity (Wildman–Crippen MR) is 79.8 cm³/mol. The third-order valence-electron chi connectivity index (χ3n) is 2.15. The average molecular weight is 409 g/mol. The number of non-ortho nitro benzene ring substituents is 1. The highest BCUT2D eigenvalue weighted by molar-refractivity contribution is 9.11. The van der Waals surface area contributed by atoms with Crippen LogP contribution in [0.1, 0.15) is 6.92 Å². The Morgan fingerprint density at radius 1 is 1.40 bits per heavy atom. The number of esters is 1. The second kappa shape index (κ2) is 7.39. The van der Waals surface area contributed by atoms with E-state index in [1.807, 2.05) is 0 Å². The van der Waals surface area contributed by atoms with E-state index >= 15 is 0 Å². The molecule has 0 aliphatic rings. The van der Waals surface area contributed by atoms with Crippen LogP contribution in [0.3, 0.4) is 0 Å². The first-order chi connectivity index (χ1) is 9.36. The number of halogens is 2. The largest absolute Gasteiger partial charge is 0.486 e. The van der Waals surface area contributed by atoms with Crippen LogP contribution in [0.25, 0.3) is 0 Å². The molecule has 20 heavy (non-hydrogen) atoms. The lowest BCUT2D eigenvalue weighted by molar-refractivity contribution is -0.385. The molecule has 0 unspecified atom stereocenters. The Balaban J connectivity index is 2.81. The van der Waals surface area contributed by atoms with Crippen LogP contribution in [0, 0.1) is 10.1 Å². The van der Waals surface area contributed by atoms with Crippen LogP contribution in [0.2, 0.25) is 0 Å². The van der Waals surface area contributed by atoms with Gasteiger partial charge in [0.15, 0.2) is 0 Å². The number of nitro benzene ring substituents is 1. The van der Waals surface area contributed by atoms with Gasteiger partial charge in [0.2, 0.25) is 0 Å². The summed E-state index contributed by atoms with van der Waals surface area (Å²) >= 11 is 6.36. The maximum absolute atomic E-state index is 11.4.